The molecule has 2 N–H and O–H groups in total. The number of furan rings is 1. The first-order valence-corrected chi connectivity index (χ1v) is 8.86. The second kappa shape index (κ2) is 6.33. The minimum absolute atomic E-state index is 0.0427. The van der Waals surface area contributed by atoms with Crippen molar-refractivity contribution in [1.82, 2.24) is 15.5 Å². The van der Waals surface area contributed by atoms with Crippen LogP contribution in [0.1, 0.15) is 30.8 Å². The van der Waals surface area contributed by atoms with E-state index in [4.69, 9.17) is 16.6 Å². The molecule has 2 aromatic rings. The van der Waals surface area contributed by atoms with Crippen LogP contribution in [0.5, 0.6) is 0 Å². The number of aromatic nitrogens is 2. The van der Waals surface area contributed by atoms with Gasteiger partial charge in [-0.1, -0.05) is 30.0 Å². The molecule has 3 rings (SSSR count). The molecule has 112 valence electrons. The maximum absolute atomic E-state index is 11.8. The summed E-state index contributed by atoms with van der Waals surface area (Å²) in [5.41, 5.74) is 0. The van der Waals surface area contributed by atoms with Crippen LogP contribution in [0.3, 0.4) is 0 Å². The highest BCUT2D eigenvalue weighted by Crippen LogP contribution is 2.47. The van der Waals surface area contributed by atoms with Gasteiger partial charge in [0.2, 0.25) is 5.91 Å². The van der Waals surface area contributed by atoms with E-state index in [0.717, 1.165) is 21.8 Å². The molecule has 1 aliphatic rings. The summed E-state index contributed by atoms with van der Waals surface area (Å²) in [4.78, 5) is 11.8. The number of rotatable bonds is 6. The minimum atomic E-state index is -0.0427. The molecule has 1 fully saturated rings. The van der Waals surface area contributed by atoms with Crippen molar-refractivity contribution in [3.63, 3.8) is 0 Å². The molecule has 0 saturated heterocycles. The fourth-order valence-corrected chi connectivity index (χ4v) is 3.96. The van der Waals surface area contributed by atoms with Crippen LogP contribution >= 0.6 is 35.3 Å². The van der Waals surface area contributed by atoms with Gasteiger partial charge in [-0.15, -0.1) is 0 Å². The third kappa shape index (κ3) is 3.96. The Hall–Kier alpha value is -1.12. The highest BCUT2D eigenvalue weighted by atomic mass is 32.2. The Morgan fingerprint density at radius 3 is 3.14 bits per heavy atom. The second-order valence-corrected chi connectivity index (χ2v) is 7.96. The van der Waals surface area contributed by atoms with Gasteiger partial charge in [-0.3, -0.25) is 9.89 Å². The summed E-state index contributed by atoms with van der Waals surface area (Å²) < 4.78 is 7.14. The van der Waals surface area contributed by atoms with Crippen LogP contribution in [0.25, 0.3) is 0 Å². The molecule has 21 heavy (non-hydrogen) atoms. The van der Waals surface area contributed by atoms with Crippen LogP contribution < -0.4 is 5.32 Å². The maximum atomic E-state index is 11.8. The molecule has 0 aliphatic heterocycles. The smallest absolute Gasteiger partial charge is 0.230 e. The molecule has 1 aliphatic carbocycles. The van der Waals surface area contributed by atoms with Crippen molar-refractivity contribution in [2.75, 3.05) is 5.75 Å². The van der Waals surface area contributed by atoms with Gasteiger partial charge >= 0.3 is 0 Å². The molecular formula is C13H15N3O2S3. The molecule has 2 aromatic heterocycles. The zero-order valence-electron chi connectivity index (χ0n) is 11.4. The van der Waals surface area contributed by atoms with E-state index < -0.39 is 0 Å². The molecule has 5 nitrogen and oxygen atoms in total. The number of carbonyl (C=O) groups is 1. The topological polar surface area (TPSA) is 70.9 Å². The van der Waals surface area contributed by atoms with E-state index >= 15 is 0 Å². The van der Waals surface area contributed by atoms with Crippen LogP contribution in [-0.4, -0.2) is 21.9 Å². The van der Waals surface area contributed by atoms with E-state index in [2.05, 4.69) is 22.4 Å². The third-order valence-corrected chi connectivity index (χ3v) is 5.59. The van der Waals surface area contributed by atoms with Crippen molar-refractivity contribution in [2.45, 2.75) is 30.1 Å². The zero-order valence-corrected chi connectivity index (χ0v) is 13.9. The average molecular weight is 341 g/mol. The van der Waals surface area contributed by atoms with Gasteiger partial charge < -0.3 is 9.73 Å². The van der Waals surface area contributed by atoms with E-state index in [1.54, 1.807) is 0 Å². The molecule has 2 heterocycles. The van der Waals surface area contributed by atoms with Crippen molar-refractivity contribution < 1.29 is 9.21 Å². The second-order valence-electron chi connectivity index (χ2n) is 5.07. The van der Waals surface area contributed by atoms with Gasteiger partial charge in [-0.05, 0) is 36.7 Å². The summed E-state index contributed by atoms with van der Waals surface area (Å²) in [7, 11) is 0. The van der Waals surface area contributed by atoms with Gasteiger partial charge in [0.15, 0.2) is 8.29 Å². The summed E-state index contributed by atoms with van der Waals surface area (Å²) >= 11 is 7.68. The van der Waals surface area contributed by atoms with Crippen LogP contribution in [0.4, 0.5) is 0 Å². The predicted octanol–water partition coefficient (Wildman–Crippen LogP) is 3.33. The van der Waals surface area contributed by atoms with Gasteiger partial charge in [0.25, 0.3) is 0 Å². The first kappa shape index (κ1) is 14.8. The lowest BCUT2D eigenvalue weighted by Crippen LogP contribution is -2.24. The van der Waals surface area contributed by atoms with E-state index in [1.807, 2.05) is 12.1 Å². The SMILES string of the molecule is C[C@H]1C[C@H]1c1ccc(CNC(=O)CSc2n[nH]c(=S)s2)o1. The minimum Gasteiger partial charge on any atom is -0.464 e. The van der Waals surface area contributed by atoms with Crippen molar-refractivity contribution in [2.24, 2.45) is 5.92 Å². The Bertz CT molecular complexity index is 691. The van der Waals surface area contributed by atoms with Crippen molar-refractivity contribution >= 4 is 41.2 Å². The zero-order chi connectivity index (χ0) is 14.8. The number of hydrogen-bond donors (Lipinski definition) is 2. The molecule has 1 saturated carbocycles. The highest BCUT2D eigenvalue weighted by molar-refractivity contribution is 8.01. The van der Waals surface area contributed by atoms with Crippen molar-refractivity contribution in [3.8, 4) is 0 Å². The first-order valence-electron chi connectivity index (χ1n) is 6.65. The van der Waals surface area contributed by atoms with Gasteiger partial charge in [-0.25, -0.2) is 0 Å². The van der Waals surface area contributed by atoms with Gasteiger partial charge in [0.05, 0.1) is 12.3 Å². The Morgan fingerprint density at radius 2 is 2.48 bits per heavy atom. The van der Waals surface area contributed by atoms with Crippen LogP contribution in [0.15, 0.2) is 20.9 Å². The molecule has 8 heteroatoms. The number of carbonyl (C=O) groups excluding carboxylic acids is 1. The standard InChI is InChI=1S/C13H15N3O2S3/c1-7-4-9(7)10-3-2-8(18-10)5-14-11(17)6-20-13-16-15-12(19)21-13/h2-3,7,9H,4-6H2,1H3,(H,14,17)(H,15,19)/t7-,9+/m0/s1. The van der Waals surface area contributed by atoms with E-state index in [0.29, 0.717) is 22.2 Å². The normalized spacial score (nSPS) is 20.4. The van der Waals surface area contributed by atoms with Gasteiger partial charge in [0.1, 0.15) is 11.5 Å². The van der Waals surface area contributed by atoms with Crippen LogP contribution in [-0.2, 0) is 11.3 Å². The summed E-state index contributed by atoms with van der Waals surface area (Å²) in [5, 5.41) is 9.53. The van der Waals surface area contributed by atoms with Gasteiger partial charge in [-0.2, -0.15) is 5.10 Å². The lowest BCUT2D eigenvalue weighted by atomic mass is 10.3. The number of thioether (sulfide) groups is 1. The predicted molar refractivity (Wildman–Crippen MR) is 85.1 cm³/mol. The fraction of sp³-hybridized carbons (Fsp3) is 0.462. The number of nitrogens with one attached hydrogen (secondary N) is 2. The highest BCUT2D eigenvalue weighted by Gasteiger charge is 2.36. The molecular weight excluding hydrogens is 326 g/mol. The number of amides is 1. The summed E-state index contributed by atoms with van der Waals surface area (Å²) in [5.74, 6) is 3.41. The van der Waals surface area contributed by atoms with Gasteiger partial charge in [0, 0.05) is 5.92 Å². The third-order valence-electron chi connectivity index (χ3n) is 3.36. The Morgan fingerprint density at radius 1 is 1.67 bits per heavy atom. The molecule has 0 spiro atoms. The van der Waals surface area contributed by atoms with E-state index in [1.165, 1.54) is 29.5 Å². The van der Waals surface area contributed by atoms with Crippen molar-refractivity contribution in [1.29, 1.82) is 0 Å². The molecule has 0 unspecified atom stereocenters. The molecule has 1 amide bonds. The summed E-state index contributed by atoms with van der Waals surface area (Å²) in [6.45, 7) is 2.65. The quantitative estimate of drug-likeness (QED) is 0.623. The number of H-pyrrole nitrogens is 1. The Balaban J connectivity index is 1.43. The van der Waals surface area contributed by atoms with E-state index in [9.17, 15) is 4.79 Å². The fourth-order valence-electron chi connectivity index (χ4n) is 2.05. The van der Waals surface area contributed by atoms with Crippen LogP contribution in [0.2, 0.25) is 0 Å². The molecule has 0 radical (unpaired) electrons. The summed E-state index contributed by atoms with van der Waals surface area (Å²) in [6.07, 6.45) is 1.20. The number of aromatic amines is 1. The monoisotopic (exact) mass is 341 g/mol. The molecule has 2 atom stereocenters. The Labute approximate surface area is 135 Å². The summed E-state index contributed by atoms with van der Waals surface area (Å²) in [6, 6.07) is 3.95. The largest absolute Gasteiger partial charge is 0.464 e. The molecule has 0 bridgehead atoms. The first-order chi connectivity index (χ1) is 10.1. The lowest BCUT2D eigenvalue weighted by Gasteiger charge is -2.01. The molecule has 0 aromatic carbocycles. The maximum Gasteiger partial charge on any atom is 0.230 e. The number of nitrogens with zero attached hydrogens (tertiary/aromatic N) is 1. The number of hydrogen-bond acceptors (Lipinski definition) is 6. The Kier molecular flexibility index (Phi) is 4.46. The van der Waals surface area contributed by atoms with Crippen LogP contribution in [0, 0.1) is 9.87 Å². The van der Waals surface area contributed by atoms with E-state index in [-0.39, 0.29) is 5.91 Å². The van der Waals surface area contributed by atoms with Crippen molar-refractivity contribution in [3.05, 3.63) is 27.6 Å². The lowest BCUT2D eigenvalue weighted by molar-refractivity contribution is -0.118. The average Bonchev–Trinajstić information content (AvgIpc) is 2.89.